The Balaban J connectivity index is 2.07. The summed E-state index contributed by atoms with van der Waals surface area (Å²) in [5.74, 6) is 0. The van der Waals surface area contributed by atoms with Gasteiger partial charge in [0.05, 0.1) is 0 Å². The molecular weight excluding hydrogens is 170 g/mol. The highest BCUT2D eigenvalue weighted by atomic mass is 15.3. The fourth-order valence-corrected chi connectivity index (χ4v) is 4.79. The smallest absolute Gasteiger partial charge is 0.0314 e. The van der Waals surface area contributed by atoms with Crippen LogP contribution >= 0.6 is 0 Å². The van der Waals surface area contributed by atoms with Gasteiger partial charge in [0.2, 0.25) is 0 Å². The molecule has 2 heterocycles. The molecule has 3 fully saturated rings. The first-order valence-corrected chi connectivity index (χ1v) is 6.27. The molecule has 1 aliphatic carbocycles. The molecule has 1 saturated carbocycles. The Morgan fingerprint density at radius 3 is 2.21 bits per heavy atom. The fraction of sp³-hybridized carbons (Fsp3) is 1.00. The molecular formula is C13H23N. The molecule has 14 heavy (non-hydrogen) atoms. The van der Waals surface area contributed by atoms with Crippen molar-refractivity contribution in [3.63, 3.8) is 0 Å². The summed E-state index contributed by atoms with van der Waals surface area (Å²) in [6, 6.07) is 0. The molecule has 0 aromatic rings. The molecule has 1 nitrogen and oxygen atoms in total. The highest BCUT2D eigenvalue weighted by molar-refractivity contribution is 5.23. The number of fused-ring (bicyclic) bond motifs is 2. The average molecular weight is 193 g/mol. The summed E-state index contributed by atoms with van der Waals surface area (Å²) in [6.45, 7) is 10.2. The first-order chi connectivity index (χ1) is 6.52. The van der Waals surface area contributed by atoms with E-state index in [1.807, 2.05) is 0 Å². The fourth-order valence-electron chi connectivity index (χ4n) is 4.79. The van der Waals surface area contributed by atoms with Crippen molar-refractivity contribution in [1.29, 1.82) is 0 Å². The Morgan fingerprint density at radius 2 is 1.64 bits per heavy atom. The van der Waals surface area contributed by atoms with Crippen LogP contribution in [0.25, 0.3) is 0 Å². The average Bonchev–Trinajstić information content (AvgIpc) is 2.59. The molecule has 0 aromatic heterocycles. The van der Waals surface area contributed by atoms with Crippen LogP contribution in [0.15, 0.2) is 0 Å². The highest BCUT2D eigenvalue weighted by Gasteiger charge is 2.69. The Kier molecular flexibility index (Phi) is 1.56. The lowest BCUT2D eigenvalue weighted by Gasteiger charge is -2.49. The summed E-state index contributed by atoms with van der Waals surface area (Å²) in [5.41, 5.74) is 1.82. The molecule has 3 rings (SSSR count). The van der Waals surface area contributed by atoms with Gasteiger partial charge in [-0.05, 0) is 56.0 Å². The molecule has 0 bridgehead atoms. The zero-order chi connectivity index (χ0) is 10.0. The topological polar surface area (TPSA) is 3.24 Å². The Labute approximate surface area is 87.9 Å². The van der Waals surface area contributed by atoms with E-state index in [4.69, 9.17) is 0 Å². The zero-order valence-corrected chi connectivity index (χ0v) is 9.90. The molecule has 1 spiro atoms. The predicted octanol–water partition coefficient (Wildman–Crippen LogP) is 3.05. The van der Waals surface area contributed by atoms with Crippen molar-refractivity contribution in [3.05, 3.63) is 0 Å². The molecule has 1 unspecified atom stereocenters. The van der Waals surface area contributed by atoms with E-state index >= 15 is 0 Å². The van der Waals surface area contributed by atoms with Gasteiger partial charge >= 0.3 is 0 Å². The lowest BCUT2D eigenvalue weighted by atomic mass is 9.64. The SMILES string of the molecule is CC(C)(C)C12CCCN1CCC21CC1. The summed E-state index contributed by atoms with van der Waals surface area (Å²) in [5, 5.41) is 0. The van der Waals surface area contributed by atoms with Gasteiger partial charge in [-0.25, -0.2) is 0 Å². The van der Waals surface area contributed by atoms with Crippen LogP contribution < -0.4 is 0 Å². The number of rotatable bonds is 0. The molecule has 2 saturated heterocycles. The summed E-state index contributed by atoms with van der Waals surface area (Å²) in [4.78, 5) is 2.83. The maximum absolute atomic E-state index is 2.83. The maximum atomic E-state index is 2.83. The van der Waals surface area contributed by atoms with E-state index in [0.717, 1.165) is 5.41 Å². The first kappa shape index (κ1) is 9.21. The van der Waals surface area contributed by atoms with Gasteiger partial charge in [-0.1, -0.05) is 20.8 Å². The molecule has 1 heteroatoms. The second kappa shape index (κ2) is 2.37. The first-order valence-electron chi connectivity index (χ1n) is 6.27. The van der Waals surface area contributed by atoms with Gasteiger partial charge in [0.25, 0.3) is 0 Å². The lowest BCUT2D eigenvalue weighted by Crippen LogP contribution is -2.54. The Morgan fingerprint density at radius 1 is 0.929 bits per heavy atom. The van der Waals surface area contributed by atoms with Gasteiger partial charge in [0.15, 0.2) is 0 Å². The van der Waals surface area contributed by atoms with Crippen LogP contribution in [0.5, 0.6) is 0 Å². The maximum Gasteiger partial charge on any atom is 0.0314 e. The van der Waals surface area contributed by atoms with Gasteiger partial charge in [0.1, 0.15) is 0 Å². The highest BCUT2D eigenvalue weighted by Crippen LogP contribution is 2.70. The van der Waals surface area contributed by atoms with E-state index in [1.165, 1.54) is 45.2 Å². The van der Waals surface area contributed by atoms with Gasteiger partial charge in [-0.3, -0.25) is 4.90 Å². The van der Waals surface area contributed by atoms with Crippen LogP contribution in [0.3, 0.4) is 0 Å². The van der Waals surface area contributed by atoms with Crippen molar-refractivity contribution >= 4 is 0 Å². The minimum Gasteiger partial charge on any atom is -0.297 e. The molecule has 80 valence electrons. The van der Waals surface area contributed by atoms with Crippen LogP contribution in [0.1, 0.15) is 52.9 Å². The molecule has 0 aromatic carbocycles. The van der Waals surface area contributed by atoms with Gasteiger partial charge < -0.3 is 0 Å². The zero-order valence-electron chi connectivity index (χ0n) is 9.90. The van der Waals surface area contributed by atoms with E-state index in [2.05, 4.69) is 25.7 Å². The third-order valence-electron chi connectivity index (χ3n) is 5.34. The molecule has 1 atom stereocenters. The quantitative estimate of drug-likeness (QED) is 0.571. The van der Waals surface area contributed by atoms with Crippen LogP contribution in [0.4, 0.5) is 0 Å². The number of hydrogen-bond acceptors (Lipinski definition) is 1. The van der Waals surface area contributed by atoms with E-state index in [-0.39, 0.29) is 0 Å². The van der Waals surface area contributed by atoms with Crippen LogP contribution in [-0.2, 0) is 0 Å². The third-order valence-corrected chi connectivity index (χ3v) is 5.34. The number of nitrogens with zero attached hydrogens (tertiary/aromatic N) is 1. The molecule has 2 aliphatic heterocycles. The van der Waals surface area contributed by atoms with Crippen molar-refractivity contribution in [3.8, 4) is 0 Å². The van der Waals surface area contributed by atoms with E-state index in [9.17, 15) is 0 Å². The summed E-state index contributed by atoms with van der Waals surface area (Å²) in [7, 11) is 0. The normalized spacial score (nSPS) is 40.5. The molecule has 3 aliphatic rings. The largest absolute Gasteiger partial charge is 0.297 e. The lowest BCUT2D eigenvalue weighted by molar-refractivity contribution is 0.0160. The molecule has 0 radical (unpaired) electrons. The Bertz CT molecular complexity index is 259. The van der Waals surface area contributed by atoms with Gasteiger partial charge in [-0.2, -0.15) is 0 Å². The van der Waals surface area contributed by atoms with Gasteiger partial charge in [0, 0.05) is 5.54 Å². The standard InChI is InChI=1S/C13H23N/c1-11(2,3)13-5-4-9-14(13)10-8-12(13)6-7-12/h4-10H2,1-3H3. The Hall–Kier alpha value is -0.0400. The van der Waals surface area contributed by atoms with Crippen LogP contribution in [0.2, 0.25) is 0 Å². The van der Waals surface area contributed by atoms with Crippen molar-refractivity contribution in [2.75, 3.05) is 13.1 Å². The van der Waals surface area contributed by atoms with Crippen molar-refractivity contribution in [2.45, 2.75) is 58.4 Å². The molecule has 0 N–H and O–H groups in total. The second-order valence-electron chi connectivity index (χ2n) is 6.73. The minimum absolute atomic E-state index is 0.483. The van der Waals surface area contributed by atoms with Crippen molar-refractivity contribution < 1.29 is 0 Å². The third kappa shape index (κ3) is 0.816. The second-order valence-corrected chi connectivity index (χ2v) is 6.73. The van der Waals surface area contributed by atoms with Crippen LogP contribution in [0, 0.1) is 10.8 Å². The predicted molar refractivity (Wildman–Crippen MR) is 59.3 cm³/mol. The van der Waals surface area contributed by atoms with E-state index in [0.29, 0.717) is 11.0 Å². The van der Waals surface area contributed by atoms with Crippen molar-refractivity contribution in [2.24, 2.45) is 10.8 Å². The minimum atomic E-state index is 0.483. The van der Waals surface area contributed by atoms with E-state index in [1.54, 1.807) is 0 Å². The van der Waals surface area contributed by atoms with Crippen molar-refractivity contribution in [1.82, 2.24) is 4.90 Å². The molecule has 0 amide bonds. The van der Waals surface area contributed by atoms with Crippen LogP contribution in [-0.4, -0.2) is 23.5 Å². The van der Waals surface area contributed by atoms with Gasteiger partial charge in [-0.15, -0.1) is 0 Å². The van der Waals surface area contributed by atoms with E-state index < -0.39 is 0 Å². The summed E-state index contributed by atoms with van der Waals surface area (Å²) in [6.07, 6.45) is 7.43. The summed E-state index contributed by atoms with van der Waals surface area (Å²) >= 11 is 0. The monoisotopic (exact) mass is 193 g/mol. The summed E-state index contributed by atoms with van der Waals surface area (Å²) < 4.78 is 0. The number of hydrogen-bond donors (Lipinski definition) is 0.